The van der Waals surface area contributed by atoms with Gasteiger partial charge in [0, 0.05) is 22.7 Å². The molecule has 0 spiro atoms. The maximum Gasteiger partial charge on any atom is 0.275 e. The molecule has 3 rings (SSSR count). The van der Waals surface area contributed by atoms with Crippen molar-refractivity contribution in [2.75, 3.05) is 6.54 Å². The van der Waals surface area contributed by atoms with Gasteiger partial charge in [0.25, 0.3) is 9.70 Å². The number of benzene rings is 1. The van der Waals surface area contributed by atoms with Gasteiger partial charge in [-0.1, -0.05) is 51.6 Å². The van der Waals surface area contributed by atoms with E-state index in [-0.39, 0.29) is 6.54 Å². The van der Waals surface area contributed by atoms with Crippen LogP contribution >= 0.6 is 46.4 Å². The fourth-order valence-corrected chi connectivity index (χ4v) is 2.90. The molecule has 2 heterocycles. The van der Waals surface area contributed by atoms with Gasteiger partial charge in [0.1, 0.15) is 5.69 Å². The largest absolute Gasteiger partial charge is 0.356 e. The summed E-state index contributed by atoms with van der Waals surface area (Å²) >= 11 is 22.8. The fourth-order valence-electron chi connectivity index (χ4n) is 2.41. The lowest BCUT2D eigenvalue weighted by Gasteiger charge is -2.28. The van der Waals surface area contributed by atoms with Gasteiger partial charge in [-0.3, -0.25) is 4.79 Å². The summed E-state index contributed by atoms with van der Waals surface area (Å²) in [5.74, 6) is 0.131. The van der Waals surface area contributed by atoms with Crippen molar-refractivity contribution in [3.05, 3.63) is 40.5 Å². The zero-order valence-corrected chi connectivity index (χ0v) is 14.2. The van der Waals surface area contributed by atoms with E-state index < -0.39 is 9.70 Å². The van der Waals surface area contributed by atoms with E-state index in [0.29, 0.717) is 29.4 Å². The molecular weight excluding hydrogens is 370 g/mol. The average Bonchev–Trinajstić information content (AvgIpc) is 2.89. The van der Waals surface area contributed by atoms with Crippen LogP contribution in [-0.2, 0) is 17.8 Å². The van der Waals surface area contributed by atoms with E-state index in [0.717, 1.165) is 11.1 Å². The van der Waals surface area contributed by atoms with Crippen molar-refractivity contribution in [2.24, 2.45) is 0 Å². The molecule has 22 heavy (non-hydrogen) atoms. The van der Waals surface area contributed by atoms with Crippen molar-refractivity contribution < 1.29 is 9.32 Å². The molecule has 1 aliphatic heterocycles. The number of carbonyl (C=O) groups is 1. The number of alkyl halides is 3. The van der Waals surface area contributed by atoms with Crippen molar-refractivity contribution in [1.82, 2.24) is 10.1 Å². The summed E-state index contributed by atoms with van der Waals surface area (Å²) in [7, 11) is 0. The van der Waals surface area contributed by atoms with Gasteiger partial charge in [0.15, 0.2) is 5.76 Å². The second kappa shape index (κ2) is 5.93. The third kappa shape index (κ3) is 3.06. The molecule has 0 fully saturated rings. The van der Waals surface area contributed by atoms with Crippen LogP contribution in [0.4, 0.5) is 0 Å². The fraction of sp³-hybridized carbons (Fsp3) is 0.286. The predicted octanol–water partition coefficient (Wildman–Crippen LogP) is 4.25. The standard InChI is InChI=1S/C14H10Cl4N2O2/c15-9-3-1-8(2-4-9)12-10-5-6-20(7-11(10)19-22-12)13(21)14(16,17)18/h1-4H,5-7H2. The highest BCUT2D eigenvalue weighted by Gasteiger charge is 2.37. The first kappa shape index (κ1) is 15.9. The smallest absolute Gasteiger partial charge is 0.275 e. The molecule has 0 atom stereocenters. The summed E-state index contributed by atoms with van der Waals surface area (Å²) in [6.45, 7) is 0.709. The number of carbonyl (C=O) groups excluding carboxylic acids is 1. The normalized spacial score (nSPS) is 14.8. The summed E-state index contributed by atoms with van der Waals surface area (Å²) in [5.41, 5.74) is 2.54. The van der Waals surface area contributed by atoms with Gasteiger partial charge in [-0.25, -0.2) is 0 Å². The Kier molecular flexibility index (Phi) is 4.29. The van der Waals surface area contributed by atoms with Crippen molar-refractivity contribution in [3.8, 4) is 11.3 Å². The van der Waals surface area contributed by atoms with Crippen LogP contribution in [0.2, 0.25) is 5.02 Å². The lowest BCUT2D eigenvalue weighted by molar-refractivity contribution is -0.131. The minimum Gasteiger partial charge on any atom is -0.356 e. The Morgan fingerprint density at radius 2 is 1.91 bits per heavy atom. The molecule has 0 unspecified atom stereocenters. The number of amides is 1. The molecule has 0 radical (unpaired) electrons. The van der Waals surface area contributed by atoms with Crippen molar-refractivity contribution in [2.45, 2.75) is 16.8 Å². The van der Waals surface area contributed by atoms with Crippen LogP contribution < -0.4 is 0 Å². The van der Waals surface area contributed by atoms with Crippen LogP contribution in [0.15, 0.2) is 28.8 Å². The monoisotopic (exact) mass is 378 g/mol. The van der Waals surface area contributed by atoms with Crippen LogP contribution in [0.25, 0.3) is 11.3 Å². The average molecular weight is 380 g/mol. The zero-order chi connectivity index (χ0) is 15.9. The van der Waals surface area contributed by atoms with Gasteiger partial charge in [-0.2, -0.15) is 0 Å². The quantitative estimate of drug-likeness (QED) is 0.695. The molecular formula is C14H10Cl4N2O2. The van der Waals surface area contributed by atoms with E-state index in [1.54, 1.807) is 12.1 Å². The molecule has 2 aromatic rings. The van der Waals surface area contributed by atoms with E-state index in [9.17, 15) is 4.79 Å². The zero-order valence-electron chi connectivity index (χ0n) is 11.2. The minimum atomic E-state index is -1.96. The molecule has 1 aromatic carbocycles. The molecule has 0 saturated heterocycles. The van der Waals surface area contributed by atoms with E-state index in [2.05, 4.69) is 5.16 Å². The topological polar surface area (TPSA) is 46.3 Å². The summed E-state index contributed by atoms with van der Waals surface area (Å²) in [5, 5.41) is 4.69. The molecule has 0 aliphatic carbocycles. The van der Waals surface area contributed by atoms with Crippen molar-refractivity contribution >= 4 is 52.3 Å². The van der Waals surface area contributed by atoms with Gasteiger partial charge in [-0.15, -0.1) is 0 Å². The predicted molar refractivity (Wildman–Crippen MR) is 86.4 cm³/mol. The van der Waals surface area contributed by atoms with Crippen LogP contribution in [0.3, 0.4) is 0 Å². The SMILES string of the molecule is O=C(N1CCc2c(noc2-c2ccc(Cl)cc2)C1)C(Cl)(Cl)Cl. The van der Waals surface area contributed by atoms with E-state index >= 15 is 0 Å². The molecule has 4 nitrogen and oxygen atoms in total. The van der Waals surface area contributed by atoms with Crippen LogP contribution in [0, 0.1) is 0 Å². The van der Waals surface area contributed by atoms with E-state index in [1.165, 1.54) is 4.90 Å². The highest BCUT2D eigenvalue weighted by atomic mass is 35.6. The molecule has 116 valence electrons. The summed E-state index contributed by atoms with van der Waals surface area (Å²) < 4.78 is 3.47. The molecule has 0 bridgehead atoms. The van der Waals surface area contributed by atoms with Crippen molar-refractivity contribution in [3.63, 3.8) is 0 Å². The first-order valence-electron chi connectivity index (χ1n) is 6.45. The third-order valence-corrected chi connectivity index (χ3v) is 4.22. The minimum absolute atomic E-state index is 0.263. The van der Waals surface area contributed by atoms with Crippen LogP contribution in [0.1, 0.15) is 11.3 Å². The first-order valence-corrected chi connectivity index (χ1v) is 7.97. The van der Waals surface area contributed by atoms with Gasteiger partial charge in [-0.05, 0) is 30.7 Å². The van der Waals surface area contributed by atoms with Crippen LogP contribution in [-0.4, -0.2) is 26.3 Å². The van der Waals surface area contributed by atoms with Gasteiger partial charge in [0.2, 0.25) is 0 Å². The molecule has 8 heteroatoms. The second-order valence-electron chi connectivity index (χ2n) is 4.92. The molecule has 0 N–H and O–H groups in total. The highest BCUT2D eigenvalue weighted by molar-refractivity contribution is 6.76. The maximum atomic E-state index is 12.0. The van der Waals surface area contributed by atoms with Crippen LogP contribution in [0.5, 0.6) is 0 Å². The second-order valence-corrected chi connectivity index (χ2v) is 7.64. The Morgan fingerprint density at radius 1 is 1.23 bits per heavy atom. The van der Waals surface area contributed by atoms with E-state index in [1.807, 2.05) is 12.1 Å². The number of nitrogens with zero attached hydrogens (tertiary/aromatic N) is 2. The molecule has 0 saturated carbocycles. The number of rotatable bonds is 1. The third-order valence-electron chi connectivity index (χ3n) is 3.48. The molecule has 1 amide bonds. The van der Waals surface area contributed by atoms with Crippen molar-refractivity contribution in [1.29, 1.82) is 0 Å². The number of hydrogen-bond donors (Lipinski definition) is 0. The van der Waals surface area contributed by atoms with Gasteiger partial charge < -0.3 is 9.42 Å². The molecule has 1 aliphatic rings. The maximum absolute atomic E-state index is 12.0. The Morgan fingerprint density at radius 3 is 2.55 bits per heavy atom. The summed E-state index contributed by atoms with van der Waals surface area (Å²) in [6, 6.07) is 7.30. The number of fused-ring (bicyclic) bond motifs is 1. The highest BCUT2D eigenvalue weighted by Crippen LogP contribution is 2.34. The van der Waals surface area contributed by atoms with Gasteiger partial charge >= 0.3 is 0 Å². The van der Waals surface area contributed by atoms with Gasteiger partial charge in [0.05, 0.1) is 6.54 Å². The molecule has 1 aromatic heterocycles. The van der Waals surface area contributed by atoms with E-state index in [4.69, 9.17) is 50.9 Å². The Bertz CT molecular complexity index is 707. The summed E-state index contributed by atoms with van der Waals surface area (Å²) in [4.78, 5) is 13.5. The lowest BCUT2D eigenvalue weighted by Crippen LogP contribution is -2.42. The summed E-state index contributed by atoms with van der Waals surface area (Å²) in [6.07, 6.45) is 0.587. The Balaban J connectivity index is 1.86. The Labute approximate surface area is 146 Å². The number of aromatic nitrogens is 1. The number of halogens is 4. The Hall–Kier alpha value is -0.940. The first-order chi connectivity index (χ1) is 10.4. The lowest BCUT2D eigenvalue weighted by atomic mass is 10.0. The number of hydrogen-bond acceptors (Lipinski definition) is 3.